The smallest absolute Gasteiger partial charge is 0.170 e. The molecule has 4 rings (SSSR count). The first kappa shape index (κ1) is 11.3. The van der Waals surface area contributed by atoms with Gasteiger partial charge in [-0.15, -0.1) is 0 Å². The molecule has 1 aromatic heterocycles. The zero-order valence-corrected chi connectivity index (χ0v) is 11.0. The molecule has 0 aliphatic carbocycles. The number of rotatable bonds is 2. The minimum atomic E-state index is 0.821. The van der Waals surface area contributed by atoms with Gasteiger partial charge in [0.2, 0.25) is 0 Å². The second-order valence-electron chi connectivity index (χ2n) is 4.89. The van der Waals surface area contributed by atoms with Crippen molar-refractivity contribution < 1.29 is 4.42 Å². The molecule has 1 aliphatic rings. The van der Waals surface area contributed by atoms with Crippen molar-refractivity contribution in [3.63, 3.8) is 0 Å². The fraction of sp³-hybridized carbons (Fsp3) is 0.118. The molecule has 98 valence electrons. The predicted molar refractivity (Wildman–Crippen MR) is 81.1 cm³/mol. The van der Waals surface area contributed by atoms with Crippen LogP contribution in [0, 0.1) is 0 Å². The van der Waals surface area contributed by atoms with Crippen LogP contribution in [0.2, 0.25) is 0 Å². The Morgan fingerprint density at radius 1 is 0.950 bits per heavy atom. The van der Waals surface area contributed by atoms with E-state index in [1.807, 2.05) is 12.1 Å². The molecule has 0 amide bonds. The van der Waals surface area contributed by atoms with Crippen LogP contribution in [0.3, 0.4) is 0 Å². The highest BCUT2D eigenvalue weighted by Crippen LogP contribution is 2.26. The van der Waals surface area contributed by atoms with Gasteiger partial charge in [0.25, 0.3) is 0 Å². The van der Waals surface area contributed by atoms with Gasteiger partial charge >= 0.3 is 0 Å². The van der Waals surface area contributed by atoms with Crippen LogP contribution in [0.5, 0.6) is 0 Å². The molecule has 3 nitrogen and oxygen atoms in total. The third-order valence-corrected chi connectivity index (χ3v) is 3.53. The Bertz CT molecular complexity index is 787. The third kappa shape index (κ3) is 1.88. The summed E-state index contributed by atoms with van der Waals surface area (Å²) < 4.78 is 5.85. The minimum absolute atomic E-state index is 0.821. The van der Waals surface area contributed by atoms with E-state index in [0.717, 1.165) is 35.7 Å². The second-order valence-corrected chi connectivity index (χ2v) is 4.89. The summed E-state index contributed by atoms with van der Waals surface area (Å²) in [6.45, 7) is 1.71. The van der Waals surface area contributed by atoms with Crippen molar-refractivity contribution in [2.75, 3.05) is 13.1 Å². The molecular formula is C17H14N2O. The molecule has 0 saturated carbocycles. The lowest BCUT2D eigenvalue weighted by atomic mass is 10.0. The van der Waals surface area contributed by atoms with E-state index in [9.17, 15) is 0 Å². The summed E-state index contributed by atoms with van der Waals surface area (Å²) in [6.07, 6.45) is 0. The summed E-state index contributed by atoms with van der Waals surface area (Å²) in [6, 6.07) is 18.7. The maximum Gasteiger partial charge on any atom is 0.170 e. The number of nitrogens with zero attached hydrogens (tertiary/aromatic N) is 1. The molecular weight excluding hydrogens is 248 g/mol. The van der Waals surface area contributed by atoms with Crippen molar-refractivity contribution in [3.8, 4) is 11.1 Å². The van der Waals surface area contributed by atoms with Crippen molar-refractivity contribution in [2.45, 2.75) is 0 Å². The Labute approximate surface area is 116 Å². The largest absolute Gasteiger partial charge is 0.453 e. The zero-order valence-electron chi connectivity index (χ0n) is 11.0. The van der Waals surface area contributed by atoms with E-state index >= 15 is 0 Å². The first-order valence-corrected chi connectivity index (χ1v) is 6.78. The van der Waals surface area contributed by atoms with Gasteiger partial charge in [-0.2, -0.15) is 0 Å². The second kappa shape index (κ2) is 4.53. The summed E-state index contributed by atoms with van der Waals surface area (Å²) >= 11 is 0. The Morgan fingerprint density at radius 2 is 1.85 bits per heavy atom. The van der Waals surface area contributed by atoms with Gasteiger partial charge in [0, 0.05) is 11.9 Å². The summed E-state index contributed by atoms with van der Waals surface area (Å²) in [5.41, 5.74) is 3.32. The van der Waals surface area contributed by atoms with E-state index in [2.05, 4.69) is 52.8 Å². The number of amidine groups is 1. The quantitative estimate of drug-likeness (QED) is 0.768. The van der Waals surface area contributed by atoms with Crippen LogP contribution in [0.4, 0.5) is 0 Å². The van der Waals surface area contributed by atoms with Gasteiger partial charge < -0.3 is 9.73 Å². The van der Waals surface area contributed by atoms with Gasteiger partial charge in [-0.25, -0.2) is 0 Å². The molecule has 0 bridgehead atoms. The van der Waals surface area contributed by atoms with E-state index in [1.54, 1.807) is 0 Å². The van der Waals surface area contributed by atoms with Gasteiger partial charge in [0.05, 0.1) is 6.54 Å². The molecule has 0 saturated heterocycles. The Morgan fingerprint density at radius 3 is 2.65 bits per heavy atom. The maximum absolute atomic E-state index is 5.85. The van der Waals surface area contributed by atoms with Crippen molar-refractivity contribution in [1.82, 2.24) is 5.32 Å². The average molecular weight is 262 g/mol. The normalized spacial score (nSPS) is 14.3. The SMILES string of the molecule is c1ccc(-c2ccc3oc(C4=NCCN4)cc3c2)cc1. The summed E-state index contributed by atoms with van der Waals surface area (Å²) in [5, 5.41) is 4.35. The topological polar surface area (TPSA) is 37.5 Å². The number of benzene rings is 2. The first-order valence-electron chi connectivity index (χ1n) is 6.78. The fourth-order valence-corrected chi connectivity index (χ4v) is 2.53. The summed E-state index contributed by atoms with van der Waals surface area (Å²) in [7, 11) is 0. The zero-order chi connectivity index (χ0) is 13.4. The molecule has 0 radical (unpaired) electrons. The van der Waals surface area contributed by atoms with E-state index in [1.165, 1.54) is 11.1 Å². The molecule has 0 fully saturated rings. The molecule has 2 heterocycles. The number of furan rings is 1. The van der Waals surface area contributed by atoms with Crippen molar-refractivity contribution in [1.29, 1.82) is 0 Å². The third-order valence-electron chi connectivity index (χ3n) is 3.53. The molecule has 0 atom stereocenters. The average Bonchev–Trinajstić information content (AvgIpc) is 3.16. The lowest BCUT2D eigenvalue weighted by Gasteiger charge is -2.00. The van der Waals surface area contributed by atoms with Crippen LogP contribution in [0.25, 0.3) is 22.1 Å². The molecule has 1 aliphatic heterocycles. The highest BCUT2D eigenvalue weighted by molar-refractivity contribution is 6.01. The number of aliphatic imine (C=N–C) groups is 1. The first-order chi connectivity index (χ1) is 9.90. The summed E-state index contributed by atoms with van der Waals surface area (Å²) in [5.74, 6) is 1.69. The van der Waals surface area contributed by atoms with E-state index < -0.39 is 0 Å². The maximum atomic E-state index is 5.85. The molecule has 0 spiro atoms. The Kier molecular flexibility index (Phi) is 2.56. The highest BCUT2D eigenvalue weighted by atomic mass is 16.3. The van der Waals surface area contributed by atoms with Crippen LogP contribution < -0.4 is 5.32 Å². The number of hydrogen-bond donors (Lipinski definition) is 1. The summed E-state index contributed by atoms with van der Waals surface area (Å²) in [4.78, 5) is 4.39. The van der Waals surface area contributed by atoms with Crippen LogP contribution in [0.1, 0.15) is 5.76 Å². The molecule has 1 N–H and O–H groups in total. The van der Waals surface area contributed by atoms with Crippen LogP contribution >= 0.6 is 0 Å². The lowest BCUT2D eigenvalue weighted by molar-refractivity contribution is 0.602. The number of hydrogen-bond acceptors (Lipinski definition) is 3. The van der Waals surface area contributed by atoms with Gasteiger partial charge in [0.15, 0.2) is 11.6 Å². The monoisotopic (exact) mass is 262 g/mol. The molecule has 2 aromatic carbocycles. The van der Waals surface area contributed by atoms with E-state index in [4.69, 9.17) is 4.42 Å². The molecule has 0 unspecified atom stereocenters. The Balaban J connectivity index is 1.80. The number of fused-ring (bicyclic) bond motifs is 1. The molecule has 20 heavy (non-hydrogen) atoms. The minimum Gasteiger partial charge on any atom is -0.453 e. The Hall–Kier alpha value is -2.55. The van der Waals surface area contributed by atoms with Crippen LogP contribution in [0.15, 0.2) is 64.0 Å². The standard InChI is InChI=1S/C17H14N2O/c1-2-4-12(5-3-1)13-6-7-15-14(10-13)11-16(20-15)17-18-8-9-19-17/h1-7,10-11H,8-9H2,(H,18,19). The van der Waals surface area contributed by atoms with Crippen molar-refractivity contribution in [3.05, 3.63) is 60.4 Å². The van der Waals surface area contributed by atoms with Gasteiger partial charge in [-0.05, 0) is 29.3 Å². The van der Waals surface area contributed by atoms with E-state index in [0.29, 0.717) is 0 Å². The van der Waals surface area contributed by atoms with Gasteiger partial charge in [0.1, 0.15) is 5.58 Å². The predicted octanol–water partition coefficient (Wildman–Crippen LogP) is 3.45. The van der Waals surface area contributed by atoms with Crippen LogP contribution in [-0.4, -0.2) is 18.9 Å². The van der Waals surface area contributed by atoms with E-state index in [-0.39, 0.29) is 0 Å². The van der Waals surface area contributed by atoms with Crippen molar-refractivity contribution >= 4 is 16.8 Å². The molecule has 3 aromatic rings. The van der Waals surface area contributed by atoms with Crippen molar-refractivity contribution in [2.24, 2.45) is 4.99 Å². The highest BCUT2D eigenvalue weighted by Gasteiger charge is 2.13. The van der Waals surface area contributed by atoms with Gasteiger partial charge in [-0.1, -0.05) is 36.4 Å². The fourth-order valence-electron chi connectivity index (χ4n) is 2.53. The molecule has 3 heteroatoms. The van der Waals surface area contributed by atoms with Crippen LogP contribution in [-0.2, 0) is 0 Å². The van der Waals surface area contributed by atoms with Gasteiger partial charge in [-0.3, -0.25) is 4.99 Å². The number of nitrogens with one attached hydrogen (secondary N) is 1. The lowest BCUT2D eigenvalue weighted by Crippen LogP contribution is -2.18.